The van der Waals surface area contributed by atoms with E-state index < -0.39 is 11.1 Å². The Morgan fingerprint density at radius 1 is 1.71 bits per heavy atom. The van der Waals surface area contributed by atoms with Gasteiger partial charge in [0, 0.05) is 4.53 Å². The Balaban J connectivity index is 3.58. The summed E-state index contributed by atoms with van der Waals surface area (Å²) in [6.07, 6.45) is 0. The molecule has 5 heteroatoms. The summed E-state index contributed by atoms with van der Waals surface area (Å²) >= 11 is 3.54. The van der Waals surface area contributed by atoms with Gasteiger partial charge in [0.1, 0.15) is 0 Å². The Hall–Kier alpha value is -0.580. The fourth-order valence-electron chi connectivity index (χ4n) is 0.0303. The Morgan fingerprint density at radius 3 is 2.14 bits per heavy atom. The Labute approximate surface area is 43.0 Å². The van der Waals surface area contributed by atoms with E-state index >= 15 is 0 Å². The molecular formula is C2F2O2S. The Kier molecular flexibility index (Phi) is 2.36. The van der Waals surface area contributed by atoms with Crippen LogP contribution in [0.5, 0.6) is 0 Å². The highest BCUT2D eigenvalue weighted by atomic mass is 32.1. The van der Waals surface area contributed by atoms with Crippen LogP contribution in [0.1, 0.15) is 0 Å². The maximum atomic E-state index is 11.1. The number of rotatable bonds is 1. The Bertz CT molecular complexity index is 102. The minimum atomic E-state index is -1.75. The molecule has 0 saturated heterocycles. The molecule has 0 aromatic carbocycles. The molecule has 0 rings (SSSR count). The lowest BCUT2D eigenvalue weighted by molar-refractivity contribution is -0.174. The van der Waals surface area contributed by atoms with Gasteiger partial charge in [-0.2, -0.15) is 4.39 Å². The van der Waals surface area contributed by atoms with Gasteiger partial charge in [-0.05, 0) is 12.2 Å². The van der Waals surface area contributed by atoms with Crippen LogP contribution < -0.4 is 0 Å². The lowest BCUT2D eigenvalue weighted by Gasteiger charge is -1.79. The highest BCUT2D eigenvalue weighted by Crippen LogP contribution is 1.84. The monoisotopic (exact) mass is 126 g/mol. The molecule has 0 spiro atoms. The summed E-state index contributed by atoms with van der Waals surface area (Å²) in [6.45, 7) is 0. The average Bonchev–Trinajstić information content (AvgIpc) is 1.65. The smallest absolute Gasteiger partial charge is 0.246 e. The molecule has 0 heterocycles. The van der Waals surface area contributed by atoms with Crippen LogP contribution in [0, 0.1) is 0 Å². The molecule has 0 aromatic rings. The molecule has 0 aliphatic rings. The number of hydrogen-bond donors (Lipinski definition) is 0. The molecule has 0 atom stereocenters. The zero-order chi connectivity index (χ0) is 5.86. The van der Waals surface area contributed by atoms with Crippen LogP contribution in [0.4, 0.5) is 8.92 Å². The van der Waals surface area contributed by atoms with Gasteiger partial charge in [0.15, 0.2) is 0 Å². The van der Waals surface area contributed by atoms with Gasteiger partial charge in [-0.1, -0.05) is 0 Å². The lowest BCUT2D eigenvalue weighted by atomic mass is 10.8. The molecule has 2 nitrogen and oxygen atoms in total. The predicted octanol–water partition coefficient (Wildman–Crippen LogP) is 0.711. The highest BCUT2D eigenvalue weighted by Gasteiger charge is 2.08. The summed E-state index contributed by atoms with van der Waals surface area (Å²) in [4.78, 5) is 11.8. The first-order valence-corrected chi connectivity index (χ1v) is 1.61. The largest absolute Gasteiger partial charge is 0.418 e. The zero-order valence-electron chi connectivity index (χ0n) is 2.98. The van der Waals surface area contributed by atoms with E-state index in [1.54, 1.807) is 0 Å². The number of carbonyl (C=O) groups is 1. The molecule has 0 aromatic heterocycles. The van der Waals surface area contributed by atoms with Crippen molar-refractivity contribution in [3.63, 3.8) is 0 Å². The van der Waals surface area contributed by atoms with Crippen LogP contribution in [-0.4, -0.2) is 11.1 Å². The highest BCUT2D eigenvalue weighted by molar-refractivity contribution is 7.81. The van der Waals surface area contributed by atoms with E-state index in [1.807, 2.05) is 0 Å². The maximum Gasteiger partial charge on any atom is 0.418 e. The number of thiocarbonyl (C=S) groups is 1. The van der Waals surface area contributed by atoms with E-state index in [0.29, 0.717) is 0 Å². The molecule has 0 radical (unpaired) electrons. The minimum absolute atomic E-state index is 1.61. The second kappa shape index (κ2) is 2.57. The first kappa shape index (κ1) is 6.42. The van der Waals surface area contributed by atoms with Crippen LogP contribution in [0.3, 0.4) is 0 Å². The fourth-order valence-corrected chi connectivity index (χ4v) is 0.0618. The van der Waals surface area contributed by atoms with Gasteiger partial charge >= 0.3 is 5.97 Å². The molecule has 0 bridgehead atoms. The minimum Gasteiger partial charge on any atom is -0.246 e. The summed E-state index contributed by atoms with van der Waals surface area (Å²) in [7, 11) is 0. The number of halogens is 2. The second-order valence-electron chi connectivity index (χ2n) is 0.638. The van der Waals surface area contributed by atoms with Crippen LogP contribution in [0.25, 0.3) is 0 Å². The summed E-state index contributed by atoms with van der Waals surface area (Å²) < 4.78 is 21.6. The maximum absolute atomic E-state index is 11.1. The van der Waals surface area contributed by atoms with Gasteiger partial charge in [-0.3, -0.25) is 0 Å². The standard InChI is InChI=1S/C2F2O2S/c3-1(7)2(5)6-4. The average molecular weight is 126 g/mol. The first-order valence-electron chi connectivity index (χ1n) is 1.21. The van der Waals surface area contributed by atoms with E-state index in [9.17, 15) is 13.7 Å². The van der Waals surface area contributed by atoms with Crippen molar-refractivity contribution in [2.75, 3.05) is 0 Å². The molecule has 0 saturated carbocycles. The van der Waals surface area contributed by atoms with E-state index in [1.165, 1.54) is 0 Å². The third-order valence-electron chi connectivity index (χ3n) is 0.231. The van der Waals surface area contributed by atoms with Crippen molar-refractivity contribution >= 4 is 23.3 Å². The molecule has 0 fully saturated rings. The molecule has 0 aliphatic heterocycles. The molecule has 0 amide bonds. The molecule has 0 N–H and O–H groups in total. The summed E-state index contributed by atoms with van der Waals surface area (Å²) in [6, 6.07) is 0. The predicted molar refractivity (Wildman–Crippen MR) is 20.9 cm³/mol. The first-order chi connectivity index (χ1) is 3.18. The quantitative estimate of drug-likeness (QED) is 0.382. The van der Waals surface area contributed by atoms with Gasteiger partial charge in [-0.15, -0.1) is 0 Å². The van der Waals surface area contributed by atoms with E-state index in [-0.39, 0.29) is 0 Å². The Morgan fingerprint density at radius 2 is 2.14 bits per heavy atom. The van der Waals surface area contributed by atoms with Gasteiger partial charge in [0.05, 0.1) is 0 Å². The number of carbonyl (C=O) groups excluding carboxylic acids is 1. The van der Waals surface area contributed by atoms with Gasteiger partial charge in [0.25, 0.3) is 5.12 Å². The summed E-state index contributed by atoms with van der Waals surface area (Å²) in [5, 5.41) is -1.61. The van der Waals surface area contributed by atoms with Crippen molar-refractivity contribution in [3.8, 4) is 0 Å². The molecule has 7 heavy (non-hydrogen) atoms. The number of hydrogen-bond acceptors (Lipinski definition) is 3. The molecular weight excluding hydrogens is 126 g/mol. The van der Waals surface area contributed by atoms with Crippen molar-refractivity contribution in [2.45, 2.75) is 0 Å². The fraction of sp³-hybridized carbons (Fsp3) is 0. The van der Waals surface area contributed by atoms with Gasteiger partial charge < -0.3 is 0 Å². The molecule has 40 valence electrons. The van der Waals surface area contributed by atoms with Crippen molar-refractivity contribution in [1.82, 2.24) is 0 Å². The topological polar surface area (TPSA) is 26.3 Å². The van der Waals surface area contributed by atoms with E-state index in [2.05, 4.69) is 17.2 Å². The van der Waals surface area contributed by atoms with Crippen LogP contribution in [0.2, 0.25) is 0 Å². The van der Waals surface area contributed by atoms with Crippen molar-refractivity contribution in [3.05, 3.63) is 0 Å². The molecule has 0 unspecified atom stereocenters. The van der Waals surface area contributed by atoms with E-state index in [4.69, 9.17) is 0 Å². The van der Waals surface area contributed by atoms with Crippen molar-refractivity contribution in [2.24, 2.45) is 0 Å². The van der Waals surface area contributed by atoms with Gasteiger partial charge in [0.2, 0.25) is 0 Å². The van der Waals surface area contributed by atoms with Gasteiger partial charge in [-0.25, -0.2) is 9.74 Å². The third-order valence-corrected chi connectivity index (χ3v) is 0.397. The normalized spacial score (nSPS) is 7.71. The second-order valence-corrected chi connectivity index (χ2v) is 0.997. The van der Waals surface area contributed by atoms with Crippen molar-refractivity contribution in [1.29, 1.82) is 0 Å². The SMILES string of the molecule is O=C(OF)C(F)=S. The zero-order valence-corrected chi connectivity index (χ0v) is 3.80. The summed E-state index contributed by atoms with van der Waals surface area (Å²) in [5.74, 6) is -1.75. The van der Waals surface area contributed by atoms with E-state index in [0.717, 1.165) is 0 Å². The van der Waals surface area contributed by atoms with Crippen molar-refractivity contribution < 1.29 is 18.7 Å². The van der Waals surface area contributed by atoms with Crippen LogP contribution >= 0.6 is 12.2 Å². The summed E-state index contributed by atoms with van der Waals surface area (Å²) in [5.41, 5.74) is 0. The third kappa shape index (κ3) is 2.16. The van der Waals surface area contributed by atoms with Crippen LogP contribution in [-0.2, 0) is 9.74 Å². The molecule has 0 aliphatic carbocycles. The lowest BCUT2D eigenvalue weighted by Crippen LogP contribution is -2.04. The van der Waals surface area contributed by atoms with Crippen LogP contribution in [0.15, 0.2) is 0 Å².